The summed E-state index contributed by atoms with van der Waals surface area (Å²) in [6.45, 7) is 0. The van der Waals surface area contributed by atoms with Crippen molar-refractivity contribution >= 4 is 23.4 Å². The average Bonchev–Trinajstić information content (AvgIpc) is 3.24. The van der Waals surface area contributed by atoms with Crippen molar-refractivity contribution in [2.75, 3.05) is 18.2 Å². The van der Waals surface area contributed by atoms with Crippen molar-refractivity contribution < 1.29 is 13.9 Å². The van der Waals surface area contributed by atoms with Crippen molar-refractivity contribution in [3.63, 3.8) is 0 Å². The number of nitrogens with zero attached hydrogens (tertiary/aromatic N) is 4. The van der Waals surface area contributed by atoms with Gasteiger partial charge in [0.15, 0.2) is 11.0 Å². The Morgan fingerprint density at radius 2 is 2.00 bits per heavy atom. The minimum absolute atomic E-state index is 0.0312. The first-order chi connectivity index (χ1) is 15.2. The van der Waals surface area contributed by atoms with Gasteiger partial charge in [0.2, 0.25) is 5.91 Å². The first-order valence-electron chi connectivity index (χ1n) is 9.33. The van der Waals surface area contributed by atoms with Gasteiger partial charge in [0.05, 0.1) is 24.2 Å². The molecule has 0 fully saturated rings. The zero-order valence-electron chi connectivity index (χ0n) is 16.5. The average molecular weight is 435 g/mol. The summed E-state index contributed by atoms with van der Waals surface area (Å²) < 4.78 is 21.0. The van der Waals surface area contributed by atoms with Crippen molar-refractivity contribution in [2.45, 2.75) is 5.16 Å². The van der Waals surface area contributed by atoms with E-state index >= 15 is 0 Å². The van der Waals surface area contributed by atoms with Gasteiger partial charge in [-0.3, -0.25) is 14.3 Å². The van der Waals surface area contributed by atoms with Crippen LogP contribution in [0.4, 0.5) is 10.1 Å². The lowest BCUT2D eigenvalue weighted by molar-refractivity contribution is -0.113. The number of thioether (sulfide) groups is 1. The molecule has 0 aliphatic carbocycles. The fraction of sp³-hybridized carbons (Fsp3) is 0.0909. The molecule has 31 heavy (non-hydrogen) atoms. The molecule has 2 aromatic heterocycles. The Bertz CT molecular complexity index is 1200. The smallest absolute Gasteiger partial charge is 0.234 e. The van der Waals surface area contributed by atoms with E-state index in [0.29, 0.717) is 16.7 Å². The summed E-state index contributed by atoms with van der Waals surface area (Å²) in [5.74, 6) is 0.455. The first-order valence-corrected chi connectivity index (χ1v) is 10.3. The van der Waals surface area contributed by atoms with Crippen LogP contribution in [0.25, 0.3) is 17.1 Å². The van der Waals surface area contributed by atoms with Crippen LogP contribution >= 0.6 is 11.8 Å². The molecular weight excluding hydrogens is 417 g/mol. The molecule has 4 aromatic rings. The first kappa shape index (κ1) is 20.5. The molecule has 0 spiro atoms. The van der Waals surface area contributed by atoms with Crippen LogP contribution in [0, 0.1) is 5.82 Å². The summed E-state index contributed by atoms with van der Waals surface area (Å²) in [6, 6.07) is 17.2. The Balaban J connectivity index is 1.62. The lowest BCUT2D eigenvalue weighted by atomic mass is 10.2. The van der Waals surface area contributed by atoms with E-state index in [-0.39, 0.29) is 17.3 Å². The molecule has 2 aromatic carbocycles. The fourth-order valence-electron chi connectivity index (χ4n) is 2.91. The van der Waals surface area contributed by atoms with Gasteiger partial charge < -0.3 is 10.1 Å². The predicted octanol–water partition coefficient (Wildman–Crippen LogP) is 4.21. The molecule has 2 heterocycles. The van der Waals surface area contributed by atoms with E-state index in [1.807, 2.05) is 41.0 Å². The summed E-state index contributed by atoms with van der Waals surface area (Å²) in [5, 5.41) is 11.7. The highest BCUT2D eigenvalue weighted by atomic mass is 32.2. The Morgan fingerprint density at radius 1 is 1.13 bits per heavy atom. The minimum atomic E-state index is -0.487. The highest BCUT2D eigenvalue weighted by Crippen LogP contribution is 2.29. The molecule has 0 bridgehead atoms. The maximum Gasteiger partial charge on any atom is 0.234 e. The molecule has 7 nitrogen and oxygen atoms in total. The number of nitrogens with one attached hydrogen (secondary N) is 1. The summed E-state index contributed by atoms with van der Waals surface area (Å²) in [5.41, 5.74) is 1.69. The predicted molar refractivity (Wildman–Crippen MR) is 117 cm³/mol. The molecular formula is C22H18FN5O2S. The SMILES string of the molecule is COc1cccc(-n2c(SCC(=O)Nc3ccccc3F)nnc2-c2cccnc2)c1. The number of hydrogen-bond acceptors (Lipinski definition) is 6. The number of pyridine rings is 1. The van der Waals surface area contributed by atoms with Crippen LogP contribution < -0.4 is 10.1 Å². The van der Waals surface area contributed by atoms with Gasteiger partial charge in [-0.1, -0.05) is 30.0 Å². The third-order valence-corrected chi connectivity index (χ3v) is 5.27. The maximum absolute atomic E-state index is 13.8. The fourth-order valence-corrected chi connectivity index (χ4v) is 3.66. The number of benzene rings is 2. The zero-order chi connectivity index (χ0) is 21.6. The van der Waals surface area contributed by atoms with Crippen LogP contribution in [0.15, 0.2) is 78.2 Å². The molecule has 1 amide bonds. The van der Waals surface area contributed by atoms with Gasteiger partial charge in [0.25, 0.3) is 0 Å². The van der Waals surface area contributed by atoms with Crippen molar-refractivity contribution in [3.8, 4) is 22.8 Å². The molecule has 156 valence electrons. The van der Waals surface area contributed by atoms with Crippen LogP contribution in [0.3, 0.4) is 0 Å². The second-order valence-corrected chi connectivity index (χ2v) is 7.34. The van der Waals surface area contributed by atoms with Gasteiger partial charge in [-0.25, -0.2) is 4.39 Å². The topological polar surface area (TPSA) is 81.9 Å². The molecule has 9 heteroatoms. The number of rotatable bonds is 7. The third kappa shape index (κ3) is 4.72. The third-order valence-electron chi connectivity index (χ3n) is 4.34. The summed E-state index contributed by atoms with van der Waals surface area (Å²) in [6.07, 6.45) is 3.37. The lowest BCUT2D eigenvalue weighted by Crippen LogP contribution is -2.15. The highest BCUT2D eigenvalue weighted by Gasteiger charge is 2.18. The second-order valence-electron chi connectivity index (χ2n) is 6.40. The number of anilines is 1. The number of methoxy groups -OCH3 is 1. The van der Waals surface area contributed by atoms with E-state index in [1.54, 1.807) is 31.6 Å². The Morgan fingerprint density at radius 3 is 2.77 bits per heavy atom. The maximum atomic E-state index is 13.8. The molecule has 1 N–H and O–H groups in total. The van der Waals surface area contributed by atoms with Crippen LogP contribution in [0.2, 0.25) is 0 Å². The number of amides is 1. The van der Waals surface area contributed by atoms with Crippen LogP contribution in [-0.4, -0.2) is 38.5 Å². The van der Waals surface area contributed by atoms with Crippen LogP contribution in [0.5, 0.6) is 5.75 Å². The minimum Gasteiger partial charge on any atom is -0.497 e. The second kappa shape index (κ2) is 9.40. The van der Waals surface area contributed by atoms with Gasteiger partial charge in [0.1, 0.15) is 11.6 Å². The number of aromatic nitrogens is 4. The van der Waals surface area contributed by atoms with Gasteiger partial charge in [-0.15, -0.1) is 10.2 Å². The summed E-state index contributed by atoms with van der Waals surface area (Å²) in [4.78, 5) is 16.5. The van der Waals surface area contributed by atoms with Crippen molar-refractivity contribution in [3.05, 3.63) is 78.9 Å². The molecule has 0 aliphatic heterocycles. The van der Waals surface area contributed by atoms with E-state index in [2.05, 4.69) is 20.5 Å². The van der Waals surface area contributed by atoms with E-state index < -0.39 is 5.82 Å². The zero-order valence-corrected chi connectivity index (χ0v) is 17.3. The Hall–Kier alpha value is -3.72. The number of para-hydroxylation sites is 1. The van der Waals surface area contributed by atoms with E-state index in [0.717, 1.165) is 11.3 Å². The molecule has 4 rings (SSSR count). The summed E-state index contributed by atoms with van der Waals surface area (Å²) in [7, 11) is 1.59. The van der Waals surface area contributed by atoms with Crippen molar-refractivity contribution in [1.29, 1.82) is 0 Å². The summed E-state index contributed by atoms with van der Waals surface area (Å²) >= 11 is 1.20. The number of halogens is 1. The van der Waals surface area contributed by atoms with E-state index in [1.165, 1.54) is 23.9 Å². The quantitative estimate of drug-likeness (QED) is 0.438. The monoisotopic (exact) mass is 435 g/mol. The molecule has 0 saturated carbocycles. The molecule has 0 aliphatic rings. The van der Waals surface area contributed by atoms with E-state index in [9.17, 15) is 9.18 Å². The Kier molecular flexibility index (Phi) is 6.23. The van der Waals surface area contributed by atoms with Gasteiger partial charge in [-0.05, 0) is 36.4 Å². The molecule has 0 unspecified atom stereocenters. The van der Waals surface area contributed by atoms with Crippen molar-refractivity contribution in [2.24, 2.45) is 0 Å². The number of carbonyl (C=O) groups excluding carboxylic acids is 1. The lowest BCUT2D eigenvalue weighted by Gasteiger charge is -2.11. The Labute approximate surface area is 182 Å². The number of hydrogen-bond donors (Lipinski definition) is 1. The van der Waals surface area contributed by atoms with Gasteiger partial charge in [0, 0.05) is 24.0 Å². The number of carbonyl (C=O) groups is 1. The molecule has 0 saturated heterocycles. The van der Waals surface area contributed by atoms with Crippen molar-refractivity contribution in [1.82, 2.24) is 19.7 Å². The van der Waals surface area contributed by atoms with Crippen LogP contribution in [0.1, 0.15) is 0 Å². The van der Waals surface area contributed by atoms with E-state index in [4.69, 9.17) is 4.74 Å². The number of ether oxygens (including phenoxy) is 1. The van der Waals surface area contributed by atoms with Crippen LogP contribution in [-0.2, 0) is 4.79 Å². The largest absolute Gasteiger partial charge is 0.497 e. The standard InChI is InChI=1S/C22H18FN5O2S/c1-30-17-8-4-7-16(12-17)28-21(15-6-5-11-24-13-15)26-27-22(28)31-14-20(29)25-19-10-3-2-9-18(19)23/h2-13H,14H2,1H3,(H,25,29). The highest BCUT2D eigenvalue weighted by molar-refractivity contribution is 7.99. The van der Waals surface area contributed by atoms with Gasteiger partial charge >= 0.3 is 0 Å². The van der Waals surface area contributed by atoms with Gasteiger partial charge in [-0.2, -0.15) is 0 Å². The normalized spacial score (nSPS) is 10.6. The molecule has 0 atom stereocenters. The molecule has 0 radical (unpaired) electrons.